The topological polar surface area (TPSA) is 105 Å². The van der Waals surface area contributed by atoms with E-state index in [0.29, 0.717) is 25.7 Å². The second-order valence-corrected chi connectivity index (χ2v) is 10.2. The van der Waals surface area contributed by atoms with E-state index in [-0.39, 0.29) is 35.4 Å². The van der Waals surface area contributed by atoms with Crippen molar-refractivity contribution in [2.24, 2.45) is 11.8 Å². The summed E-state index contributed by atoms with van der Waals surface area (Å²) in [6.45, 7) is 9.66. The molecule has 1 atom stereocenters. The van der Waals surface area contributed by atoms with Crippen LogP contribution in [0, 0.1) is 11.8 Å². The van der Waals surface area contributed by atoms with Gasteiger partial charge in [-0.25, -0.2) is 8.42 Å². The summed E-state index contributed by atoms with van der Waals surface area (Å²) in [4.78, 5) is 25.4. The fourth-order valence-electron chi connectivity index (χ4n) is 3.09. The van der Waals surface area contributed by atoms with Gasteiger partial charge in [-0.15, -0.1) is 0 Å². The molecule has 0 saturated carbocycles. The zero-order chi connectivity index (χ0) is 22.3. The van der Waals surface area contributed by atoms with Crippen LogP contribution >= 0.6 is 0 Å². The molecule has 168 valence electrons. The van der Waals surface area contributed by atoms with Gasteiger partial charge in [0.05, 0.1) is 18.1 Å². The summed E-state index contributed by atoms with van der Waals surface area (Å²) in [6.07, 6.45) is 0.853. The van der Waals surface area contributed by atoms with Gasteiger partial charge in [0.2, 0.25) is 15.9 Å². The highest BCUT2D eigenvalue weighted by Gasteiger charge is 2.28. The van der Waals surface area contributed by atoms with Crippen LogP contribution < -0.4 is 10.6 Å². The molecule has 1 aromatic carbocycles. The number of morpholine rings is 1. The molecule has 1 saturated heterocycles. The number of rotatable bonds is 9. The number of carbonyl (C=O) groups is 2. The van der Waals surface area contributed by atoms with E-state index in [4.69, 9.17) is 4.74 Å². The highest BCUT2D eigenvalue weighted by atomic mass is 32.2. The number of ether oxygens (including phenoxy) is 1. The van der Waals surface area contributed by atoms with E-state index >= 15 is 0 Å². The third kappa shape index (κ3) is 6.52. The van der Waals surface area contributed by atoms with Crippen LogP contribution in [0.25, 0.3) is 0 Å². The molecule has 2 rings (SSSR count). The highest BCUT2D eigenvalue weighted by molar-refractivity contribution is 7.89. The maximum Gasteiger partial charge on any atom is 0.251 e. The number of nitrogens with one attached hydrogen (secondary N) is 2. The number of amides is 2. The zero-order valence-corrected chi connectivity index (χ0v) is 19.0. The van der Waals surface area contributed by atoms with Crippen LogP contribution in [-0.2, 0) is 19.6 Å². The van der Waals surface area contributed by atoms with Crippen LogP contribution in [-0.4, -0.2) is 63.4 Å². The van der Waals surface area contributed by atoms with Crippen molar-refractivity contribution < 1.29 is 22.7 Å². The van der Waals surface area contributed by atoms with Gasteiger partial charge in [0.15, 0.2) is 0 Å². The van der Waals surface area contributed by atoms with E-state index in [1.54, 1.807) is 6.07 Å². The molecule has 9 heteroatoms. The summed E-state index contributed by atoms with van der Waals surface area (Å²) in [5.41, 5.74) is 0.199. The van der Waals surface area contributed by atoms with Crippen molar-refractivity contribution >= 4 is 21.8 Å². The Bertz CT molecular complexity index is 833. The van der Waals surface area contributed by atoms with Gasteiger partial charge in [-0.05, 0) is 36.5 Å². The van der Waals surface area contributed by atoms with Gasteiger partial charge < -0.3 is 15.4 Å². The molecule has 2 N–H and O–H groups in total. The second kappa shape index (κ2) is 10.9. The Morgan fingerprint density at radius 1 is 1.13 bits per heavy atom. The molecule has 0 radical (unpaired) electrons. The van der Waals surface area contributed by atoms with Crippen molar-refractivity contribution in [2.75, 3.05) is 32.8 Å². The number of carbonyl (C=O) groups excluding carboxylic acids is 2. The number of hydrogen-bond acceptors (Lipinski definition) is 5. The minimum atomic E-state index is -3.71. The molecule has 0 spiro atoms. The van der Waals surface area contributed by atoms with Crippen LogP contribution in [0.5, 0.6) is 0 Å². The Balaban J connectivity index is 2.11. The number of nitrogens with zero attached hydrogens (tertiary/aromatic N) is 1. The van der Waals surface area contributed by atoms with Crippen LogP contribution in [0.2, 0.25) is 0 Å². The molecule has 0 aromatic heterocycles. The lowest BCUT2D eigenvalue weighted by Crippen LogP contribution is -2.50. The highest BCUT2D eigenvalue weighted by Crippen LogP contribution is 2.18. The van der Waals surface area contributed by atoms with Gasteiger partial charge in [-0.1, -0.05) is 33.8 Å². The van der Waals surface area contributed by atoms with Crippen LogP contribution in [0.15, 0.2) is 29.2 Å². The monoisotopic (exact) mass is 439 g/mol. The Labute approximate surface area is 179 Å². The maximum atomic E-state index is 12.8. The molecule has 2 amide bonds. The predicted molar refractivity (Wildman–Crippen MR) is 115 cm³/mol. The van der Waals surface area contributed by atoms with Crippen molar-refractivity contribution in [1.29, 1.82) is 0 Å². The summed E-state index contributed by atoms with van der Waals surface area (Å²) in [5.74, 6) is -0.371. The maximum absolute atomic E-state index is 12.8. The second-order valence-electron chi connectivity index (χ2n) is 8.21. The van der Waals surface area contributed by atoms with E-state index in [1.807, 2.05) is 13.8 Å². The van der Waals surface area contributed by atoms with Gasteiger partial charge in [-0.3, -0.25) is 9.59 Å². The van der Waals surface area contributed by atoms with E-state index in [2.05, 4.69) is 24.5 Å². The SMILES string of the molecule is CC(C)CCNC(=O)C(NC(=O)c1cccc(S(=O)(=O)N2CCOCC2)c1)C(C)C. The fourth-order valence-corrected chi connectivity index (χ4v) is 4.54. The van der Waals surface area contributed by atoms with E-state index in [1.165, 1.54) is 22.5 Å². The summed E-state index contributed by atoms with van der Waals surface area (Å²) in [6, 6.07) is 5.20. The molecule has 1 unspecified atom stereocenters. The van der Waals surface area contributed by atoms with Crippen LogP contribution in [0.3, 0.4) is 0 Å². The van der Waals surface area contributed by atoms with Crippen molar-refractivity contribution in [3.05, 3.63) is 29.8 Å². The average Bonchev–Trinajstić information content (AvgIpc) is 2.72. The lowest BCUT2D eigenvalue weighted by atomic mass is 10.0. The fraction of sp³-hybridized carbons (Fsp3) is 0.619. The lowest BCUT2D eigenvalue weighted by Gasteiger charge is -2.26. The van der Waals surface area contributed by atoms with Crippen molar-refractivity contribution in [3.8, 4) is 0 Å². The van der Waals surface area contributed by atoms with Crippen LogP contribution in [0.4, 0.5) is 0 Å². The molecule has 1 heterocycles. The lowest BCUT2D eigenvalue weighted by molar-refractivity contribution is -0.123. The van der Waals surface area contributed by atoms with Gasteiger partial charge in [0, 0.05) is 25.2 Å². The first kappa shape index (κ1) is 24.3. The van der Waals surface area contributed by atoms with Gasteiger partial charge in [0.25, 0.3) is 5.91 Å². The van der Waals surface area contributed by atoms with Crippen molar-refractivity contribution in [3.63, 3.8) is 0 Å². The first-order valence-electron chi connectivity index (χ1n) is 10.4. The summed E-state index contributed by atoms with van der Waals surface area (Å²) in [7, 11) is -3.71. The minimum Gasteiger partial charge on any atom is -0.379 e. The minimum absolute atomic E-state index is 0.0551. The summed E-state index contributed by atoms with van der Waals surface area (Å²) < 4.78 is 32.3. The number of sulfonamides is 1. The zero-order valence-electron chi connectivity index (χ0n) is 18.2. The Kier molecular flexibility index (Phi) is 8.81. The van der Waals surface area contributed by atoms with E-state index in [0.717, 1.165) is 6.42 Å². The molecule has 0 aliphatic carbocycles. The van der Waals surface area contributed by atoms with Crippen LogP contribution in [0.1, 0.15) is 44.5 Å². The first-order chi connectivity index (χ1) is 14.1. The van der Waals surface area contributed by atoms with E-state index in [9.17, 15) is 18.0 Å². The molecule has 1 aliphatic heterocycles. The predicted octanol–water partition coefficient (Wildman–Crippen LogP) is 1.62. The number of hydrogen-bond donors (Lipinski definition) is 2. The Hall–Kier alpha value is -1.97. The van der Waals surface area contributed by atoms with Gasteiger partial charge >= 0.3 is 0 Å². The molecule has 1 aromatic rings. The smallest absolute Gasteiger partial charge is 0.251 e. The van der Waals surface area contributed by atoms with Crippen molar-refractivity contribution in [1.82, 2.24) is 14.9 Å². The molecular formula is C21H33N3O5S. The molecule has 1 aliphatic rings. The van der Waals surface area contributed by atoms with E-state index < -0.39 is 22.0 Å². The summed E-state index contributed by atoms with van der Waals surface area (Å²) >= 11 is 0. The third-order valence-corrected chi connectivity index (χ3v) is 6.86. The molecule has 30 heavy (non-hydrogen) atoms. The standard InChI is InChI=1S/C21H33N3O5S/c1-15(2)8-9-22-21(26)19(16(3)4)23-20(25)17-6-5-7-18(14-17)30(27,28)24-10-12-29-13-11-24/h5-7,14-16,19H,8-13H2,1-4H3,(H,22,26)(H,23,25). The summed E-state index contributed by atoms with van der Waals surface area (Å²) in [5, 5.41) is 5.61. The Morgan fingerprint density at radius 2 is 1.80 bits per heavy atom. The molecule has 0 bridgehead atoms. The largest absolute Gasteiger partial charge is 0.379 e. The molecular weight excluding hydrogens is 406 g/mol. The normalized spacial score (nSPS) is 16.5. The van der Waals surface area contributed by atoms with Crippen molar-refractivity contribution in [2.45, 2.75) is 45.1 Å². The Morgan fingerprint density at radius 3 is 2.40 bits per heavy atom. The van der Waals surface area contributed by atoms with Gasteiger partial charge in [0.1, 0.15) is 6.04 Å². The third-order valence-electron chi connectivity index (χ3n) is 4.96. The average molecular weight is 440 g/mol. The molecule has 1 fully saturated rings. The van der Waals surface area contributed by atoms with Gasteiger partial charge in [-0.2, -0.15) is 4.31 Å². The molecule has 8 nitrogen and oxygen atoms in total. The number of benzene rings is 1. The first-order valence-corrected chi connectivity index (χ1v) is 11.8. The quantitative estimate of drug-likeness (QED) is 0.608.